The Morgan fingerprint density at radius 2 is 1.33 bits per heavy atom. The van der Waals surface area contributed by atoms with Crippen molar-refractivity contribution in [3.8, 4) is 0 Å². The Labute approximate surface area is 260 Å². The van der Waals surface area contributed by atoms with Crippen LogP contribution in [0.2, 0.25) is 0 Å². The van der Waals surface area contributed by atoms with Crippen LogP contribution in [0.1, 0.15) is 117 Å². The second-order valence-electron chi connectivity index (χ2n) is 11.6. The molecule has 0 aromatic carbocycles. The Bertz CT molecular complexity index is 771. The van der Waals surface area contributed by atoms with Gasteiger partial charge in [-0.2, -0.15) is 0 Å². The van der Waals surface area contributed by atoms with E-state index < -0.39 is 49.5 Å². The van der Waals surface area contributed by atoms with Gasteiger partial charge >= 0.3 is 0 Å². The van der Waals surface area contributed by atoms with E-state index in [9.17, 15) is 30.3 Å². The van der Waals surface area contributed by atoms with Gasteiger partial charge in [0.15, 0.2) is 6.29 Å². The number of amides is 1. The summed E-state index contributed by atoms with van der Waals surface area (Å²) in [6.07, 6.45) is 22.1. The lowest BCUT2D eigenvalue weighted by atomic mass is 9.99. The smallest absolute Gasteiger partial charge is 0.220 e. The van der Waals surface area contributed by atoms with E-state index in [0.717, 1.165) is 25.7 Å². The van der Waals surface area contributed by atoms with Crippen LogP contribution in [0, 0.1) is 0 Å². The molecule has 9 heteroatoms. The standard InChI is InChI=1S/C34H61NO8/c1-3-5-6-7-8-9-10-11-12-13-14-15-16-17-18-19-20-21-22-24-28(37)27(35-30(38)23-4-2)26-42-34-33(41)32(40)31(39)29(25-36)43-34/h14-15,18-19,22,24,27-29,31-34,36-37,39-41H,3-13,16-17,20-21,23,25-26H2,1-2H3,(H,35,38)/b15-14+,19-18+,24-22+. The molecule has 1 saturated heterocycles. The number of unbranched alkanes of at least 4 members (excludes halogenated alkanes) is 11. The molecule has 0 aliphatic carbocycles. The number of carbonyl (C=O) groups excluding carboxylic acids is 1. The lowest BCUT2D eigenvalue weighted by Gasteiger charge is -2.40. The molecule has 1 amide bonds. The van der Waals surface area contributed by atoms with Gasteiger partial charge in [-0.1, -0.05) is 102 Å². The summed E-state index contributed by atoms with van der Waals surface area (Å²) in [5.74, 6) is -0.248. The Morgan fingerprint density at radius 3 is 1.91 bits per heavy atom. The minimum atomic E-state index is -1.57. The molecule has 1 heterocycles. The summed E-state index contributed by atoms with van der Waals surface area (Å²) < 4.78 is 10.9. The molecular formula is C34H61NO8. The van der Waals surface area contributed by atoms with Crippen LogP contribution in [0.3, 0.4) is 0 Å². The molecule has 6 N–H and O–H groups in total. The summed E-state index contributed by atoms with van der Waals surface area (Å²) in [5.41, 5.74) is 0. The molecule has 0 saturated carbocycles. The van der Waals surface area contributed by atoms with Gasteiger partial charge in [0.1, 0.15) is 24.4 Å². The van der Waals surface area contributed by atoms with Gasteiger partial charge in [-0.25, -0.2) is 0 Å². The van der Waals surface area contributed by atoms with E-state index in [-0.39, 0.29) is 18.9 Å². The van der Waals surface area contributed by atoms with Crippen molar-refractivity contribution in [2.24, 2.45) is 0 Å². The number of allylic oxidation sites excluding steroid dienone is 5. The molecule has 1 aliphatic heterocycles. The Balaban J connectivity index is 2.31. The highest BCUT2D eigenvalue weighted by molar-refractivity contribution is 5.76. The molecule has 0 aromatic rings. The van der Waals surface area contributed by atoms with Gasteiger partial charge < -0.3 is 40.3 Å². The highest BCUT2D eigenvalue weighted by atomic mass is 16.7. The summed E-state index contributed by atoms with van der Waals surface area (Å²) in [6.45, 7) is 3.35. The fourth-order valence-corrected chi connectivity index (χ4v) is 4.93. The van der Waals surface area contributed by atoms with E-state index in [1.54, 1.807) is 6.08 Å². The summed E-state index contributed by atoms with van der Waals surface area (Å²) in [7, 11) is 0. The molecular weight excluding hydrogens is 550 g/mol. The van der Waals surface area contributed by atoms with Gasteiger partial charge in [-0.05, 0) is 44.9 Å². The Kier molecular flexibility index (Phi) is 23.6. The monoisotopic (exact) mass is 611 g/mol. The summed E-state index contributed by atoms with van der Waals surface area (Å²) in [4.78, 5) is 12.2. The van der Waals surface area contributed by atoms with Crippen LogP contribution in [0.25, 0.3) is 0 Å². The topological polar surface area (TPSA) is 149 Å². The first-order chi connectivity index (χ1) is 20.8. The third kappa shape index (κ3) is 18.1. The first-order valence-corrected chi connectivity index (χ1v) is 16.7. The van der Waals surface area contributed by atoms with Crippen molar-refractivity contribution in [2.45, 2.75) is 159 Å². The summed E-state index contributed by atoms with van der Waals surface area (Å²) in [5, 5.41) is 52.9. The van der Waals surface area contributed by atoms with E-state index in [2.05, 4.69) is 36.5 Å². The minimum absolute atomic E-state index is 0.212. The highest BCUT2D eigenvalue weighted by Gasteiger charge is 2.44. The van der Waals surface area contributed by atoms with E-state index >= 15 is 0 Å². The molecule has 1 fully saturated rings. The van der Waals surface area contributed by atoms with Crippen molar-refractivity contribution in [1.82, 2.24) is 5.32 Å². The van der Waals surface area contributed by atoms with Crippen molar-refractivity contribution < 1.29 is 39.8 Å². The van der Waals surface area contributed by atoms with Crippen LogP contribution >= 0.6 is 0 Å². The van der Waals surface area contributed by atoms with E-state index in [1.807, 2.05) is 13.0 Å². The zero-order valence-electron chi connectivity index (χ0n) is 26.7. The fourth-order valence-electron chi connectivity index (χ4n) is 4.93. The highest BCUT2D eigenvalue weighted by Crippen LogP contribution is 2.22. The molecule has 250 valence electrons. The van der Waals surface area contributed by atoms with Crippen molar-refractivity contribution >= 4 is 5.91 Å². The number of carbonyl (C=O) groups is 1. The Morgan fingerprint density at radius 1 is 0.767 bits per heavy atom. The predicted molar refractivity (Wildman–Crippen MR) is 170 cm³/mol. The first kappa shape index (κ1) is 39.4. The molecule has 0 spiro atoms. The average Bonchev–Trinajstić information content (AvgIpc) is 3.00. The second kappa shape index (κ2) is 25.7. The maximum Gasteiger partial charge on any atom is 0.220 e. The third-order valence-corrected chi connectivity index (χ3v) is 7.67. The number of ether oxygens (including phenoxy) is 2. The number of aliphatic hydroxyl groups is 5. The zero-order chi connectivity index (χ0) is 31.7. The van der Waals surface area contributed by atoms with E-state index in [4.69, 9.17) is 9.47 Å². The number of hydrogen-bond acceptors (Lipinski definition) is 8. The van der Waals surface area contributed by atoms with E-state index in [1.165, 1.54) is 64.2 Å². The van der Waals surface area contributed by atoms with Gasteiger partial charge in [-0.15, -0.1) is 0 Å². The van der Waals surface area contributed by atoms with Crippen LogP contribution < -0.4 is 5.32 Å². The summed E-state index contributed by atoms with van der Waals surface area (Å²) >= 11 is 0. The lowest BCUT2D eigenvalue weighted by Crippen LogP contribution is -2.60. The lowest BCUT2D eigenvalue weighted by molar-refractivity contribution is -0.302. The van der Waals surface area contributed by atoms with Crippen LogP contribution in [-0.4, -0.2) is 87.5 Å². The number of aliphatic hydroxyl groups excluding tert-OH is 5. The number of rotatable bonds is 25. The number of nitrogens with one attached hydrogen (secondary N) is 1. The molecule has 7 atom stereocenters. The van der Waals surface area contributed by atoms with Gasteiger partial charge in [0.2, 0.25) is 5.91 Å². The molecule has 1 rings (SSSR count). The van der Waals surface area contributed by atoms with Crippen molar-refractivity contribution in [2.75, 3.05) is 13.2 Å². The van der Waals surface area contributed by atoms with Crippen LogP contribution in [0.15, 0.2) is 36.5 Å². The maximum absolute atomic E-state index is 12.2. The van der Waals surface area contributed by atoms with Gasteiger partial charge in [0, 0.05) is 6.42 Å². The van der Waals surface area contributed by atoms with Crippen LogP contribution in [-0.2, 0) is 14.3 Å². The van der Waals surface area contributed by atoms with Gasteiger partial charge in [-0.3, -0.25) is 4.79 Å². The fraction of sp³-hybridized carbons (Fsp3) is 0.794. The quantitative estimate of drug-likeness (QED) is 0.0648. The molecule has 0 radical (unpaired) electrons. The van der Waals surface area contributed by atoms with Crippen molar-refractivity contribution in [1.29, 1.82) is 0 Å². The van der Waals surface area contributed by atoms with Crippen molar-refractivity contribution in [3.63, 3.8) is 0 Å². The normalized spacial score (nSPS) is 24.3. The third-order valence-electron chi connectivity index (χ3n) is 7.67. The maximum atomic E-state index is 12.2. The zero-order valence-corrected chi connectivity index (χ0v) is 26.7. The first-order valence-electron chi connectivity index (χ1n) is 16.7. The molecule has 0 aromatic heterocycles. The SMILES string of the molecule is CCCCCCCCCCC/C=C/CC/C=C/CC/C=C/C(O)C(COC1OC(CO)C(O)C(O)C1O)NC(=O)CCC. The van der Waals surface area contributed by atoms with Crippen molar-refractivity contribution in [3.05, 3.63) is 36.5 Å². The molecule has 43 heavy (non-hydrogen) atoms. The molecule has 0 bridgehead atoms. The summed E-state index contributed by atoms with van der Waals surface area (Å²) in [6, 6.07) is -0.819. The average molecular weight is 612 g/mol. The van der Waals surface area contributed by atoms with Gasteiger partial charge in [0.05, 0.1) is 25.4 Å². The molecule has 1 aliphatic rings. The Hall–Kier alpha value is -1.59. The van der Waals surface area contributed by atoms with Crippen LogP contribution in [0.5, 0.6) is 0 Å². The van der Waals surface area contributed by atoms with Gasteiger partial charge in [0.25, 0.3) is 0 Å². The predicted octanol–water partition coefficient (Wildman–Crippen LogP) is 4.60. The molecule has 7 unspecified atom stereocenters. The largest absolute Gasteiger partial charge is 0.394 e. The van der Waals surface area contributed by atoms with E-state index in [0.29, 0.717) is 6.42 Å². The van der Waals surface area contributed by atoms with Crippen LogP contribution in [0.4, 0.5) is 0 Å². The minimum Gasteiger partial charge on any atom is -0.394 e. The second-order valence-corrected chi connectivity index (χ2v) is 11.6. The number of hydrogen-bond donors (Lipinski definition) is 6. The molecule has 9 nitrogen and oxygen atoms in total.